The van der Waals surface area contributed by atoms with Gasteiger partial charge in [0, 0.05) is 51.1 Å². The minimum atomic E-state index is -0.448. The molecule has 2 heterocycles. The topological polar surface area (TPSA) is 93.7 Å². The van der Waals surface area contributed by atoms with E-state index in [9.17, 15) is 14.9 Å². The Kier molecular flexibility index (Phi) is 5.94. The molecule has 9 heteroatoms. The highest BCUT2D eigenvalue weighted by Gasteiger charge is 2.24. The number of piperazine rings is 1. The molecule has 9 nitrogen and oxygen atoms in total. The van der Waals surface area contributed by atoms with Gasteiger partial charge in [-0.3, -0.25) is 19.8 Å². The van der Waals surface area contributed by atoms with Crippen molar-refractivity contribution in [1.29, 1.82) is 0 Å². The van der Waals surface area contributed by atoms with Gasteiger partial charge in [0.1, 0.15) is 5.75 Å². The Labute approximate surface area is 179 Å². The van der Waals surface area contributed by atoms with Gasteiger partial charge in [-0.05, 0) is 35.9 Å². The lowest BCUT2D eigenvalue weighted by Crippen LogP contribution is -2.48. The number of nitro groups is 1. The zero-order valence-corrected chi connectivity index (χ0v) is 17.2. The summed E-state index contributed by atoms with van der Waals surface area (Å²) in [5.41, 5.74) is 2.25. The van der Waals surface area contributed by atoms with Gasteiger partial charge in [-0.15, -0.1) is 0 Å². The number of hydrogen-bond acceptors (Lipinski definition) is 6. The molecule has 0 bridgehead atoms. The lowest BCUT2D eigenvalue weighted by Gasteiger charge is -2.34. The summed E-state index contributed by atoms with van der Waals surface area (Å²) in [4.78, 5) is 27.3. The molecule has 1 aliphatic heterocycles. The van der Waals surface area contributed by atoms with Crippen molar-refractivity contribution in [2.45, 2.75) is 6.54 Å². The summed E-state index contributed by atoms with van der Waals surface area (Å²) in [7, 11) is 1.65. The fraction of sp³-hybridized carbons (Fsp3) is 0.273. The fourth-order valence-corrected chi connectivity index (χ4v) is 3.57. The molecule has 0 atom stereocenters. The first-order valence-electron chi connectivity index (χ1n) is 9.98. The zero-order chi connectivity index (χ0) is 21.8. The molecule has 0 radical (unpaired) electrons. The van der Waals surface area contributed by atoms with Crippen LogP contribution in [0.5, 0.6) is 5.75 Å². The molecule has 0 N–H and O–H groups in total. The molecule has 31 heavy (non-hydrogen) atoms. The van der Waals surface area contributed by atoms with Crippen LogP contribution in [0.15, 0.2) is 60.8 Å². The third kappa shape index (κ3) is 4.72. The molecule has 1 aliphatic rings. The summed E-state index contributed by atoms with van der Waals surface area (Å²) in [6.45, 7) is 3.70. The Morgan fingerprint density at radius 2 is 1.71 bits per heavy atom. The summed E-state index contributed by atoms with van der Waals surface area (Å²) in [6, 6.07) is 15.7. The van der Waals surface area contributed by atoms with E-state index in [1.165, 1.54) is 17.7 Å². The highest BCUT2D eigenvalue weighted by Crippen LogP contribution is 2.17. The minimum absolute atomic E-state index is 0.0136. The number of hydrogen-bond donors (Lipinski definition) is 0. The van der Waals surface area contributed by atoms with Crippen molar-refractivity contribution in [1.82, 2.24) is 19.6 Å². The number of non-ortho nitro benzene ring substituents is 1. The molecule has 2 aromatic carbocycles. The molecule has 1 amide bonds. The lowest BCUT2D eigenvalue weighted by atomic mass is 10.2. The second-order valence-electron chi connectivity index (χ2n) is 7.34. The molecular formula is C22H23N5O4. The van der Waals surface area contributed by atoms with Gasteiger partial charge in [0.05, 0.1) is 17.7 Å². The van der Waals surface area contributed by atoms with Crippen LogP contribution in [0.1, 0.15) is 16.1 Å². The Morgan fingerprint density at radius 3 is 2.32 bits per heavy atom. The van der Waals surface area contributed by atoms with E-state index in [1.54, 1.807) is 36.2 Å². The third-order valence-electron chi connectivity index (χ3n) is 5.36. The summed E-state index contributed by atoms with van der Waals surface area (Å²) < 4.78 is 6.75. The summed E-state index contributed by atoms with van der Waals surface area (Å²) in [5.74, 6) is 0.733. The Morgan fingerprint density at radius 1 is 1.03 bits per heavy atom. The van der Waals surface area contributed by atoms with Crippen LogP contribution in [0.2, 0.25) is 0 Å². The van der Waals surface area contributed by atoms with Gasteiger partial charge in [0.25, 0.3) is 11.6 Å². The second-order valence-corrected chi connectivity index (χ2v) is 7.34. The number of nitrogens with zero attached hydrogens (tertiary/aromatic N) is 5. The highest BCUT2D eigenvalue weighted by molar-refractivity contribution is 5.92. The van der Waals surface area contributed by atoms with Gasteiger partial charge >= 0.3 is 0 Å². The molecule has 1 saturated heterocycles. The summed E-state index contributed by atoms with van der Waals surface area (Å²) in [5, 5.41) is 15.2. The van der Waals surface area contributed by atoms with Crippen LogP contribution in [-0.2, 0) is 6.54 Å². The van der Waals surface area contributed by atoms with E-state index in [0.717, 1.165) is 25.4 Å². The molecule has 0 aliphatic carbocycles. The number of carbonyl (C=O) groups excluding carboxylic acids is 1. The number of rotatable bonds is 6. The summed E-state index contributed by atoms with van der Waals surface area (Å²) >= 11 is 0. The largest absolute Gasteiger partial charge is 0.497 e. The van der Waals surface area contributed by atoms with Crippen molar-refractivity contribution >= 4 is 11.6 Å². The van der Waals surface area contributed by atoms with Crippen LogP contribution in [0, 0.1) is 10.1 Å². The number of amides is 1. The van der Waals surface area contributed by atoms with Gasteiger partial charge in [-0.2, -0.15) is 5.10 Å². The smallest absolute Gasteiger partial charge is 0.274 e. The van der Waals surface area contributed by atoms with Crippen molar-refractivity contribution in [3.63, 3.8) is 0 Å². The highest BCUT2D eigenvalue weighted by atomic mass is 16.6. The molecule has 160 valence electrons. The Bertz CT molecular complexity index is 1050. The molecule has 1 aromatic heterocycles. The van der Waals surface area contributed by atoms with Crippen molar-refractivity contribution in [3.8, 4) is 11.4 Å². The van der Waals surface area contributed by atoms with E-state index in [-0.39, 0.29) is 11.6 Å². The lowest BCUT2D eigenvalue weighted by molar-refractivity contribution is -0.384. The number of ether oxygens (including phenoxy) is 1. The van der Waals surface area contributed by atoms with E-state index in [2.05, 4.69) is 22.1 Å². The quantitative estimate of drug-likeness (QED) is 0.449. The average molecular weight is 421 g/mol. The maximum Gasteiger partial charge on any atom is 0.274 e. The van der Waals surface area contributed by atoms with Crippen molar-refractivity contribution in [3.05, 3.63) is 82.2 Å². The van der Waals surface area contributed by atoms with E-state index < -0.39 is 4.92 Å². The first-order valence-corrected chi connectivity index (χ1v) is 9.98. The van der Waals surface area contributed by atoms with Crippen LogP contribution in [0.25, 0.3) is 5.69 Å². The monoisotopic (exact) mass is 421 g/mol. The first-order chi connectivity index (χ1) is 15.0. The number of nitro benzene ring substituents is 1. The van der Waals surface area contributed by atoms with E-state index in [0.29, 0.717) is 24.5 Å². The SMILES string of the molecule is COc1ccc(CN2CCN(C(=O)c3ccn(-c4ccc([N+](=O)[O-])cc4)n3)CC2)cc1. The second kappa shape index (κ2) is 8.97. The maximum absolute atomic E-state index is 12.9. The van der Waals surface area contributed by atoms with E-state index >= 15 is 0 Å². The predicted octanol–water partition coefficient (Wildman–Crippen LogP) is 2.75. The van der Waals surface area contributed by atoms with E-state index in [4.69, 9.17) is 4.74 Å². The number of aromatic nitrogens is 2. The minimum Gasteiger partial charge on any atom is -0.497 e. The molecule has 0 spiro atoms. The fourth-order valence-electron chi connectivity index (χ4n) is 3.57. The molecule has 0 unspecified atom stereocenters. The zero-order valence-electron chi connectivity index (χ0n) is 17.2. The van der Waals surface area contributed by atoms with Gasteiger partial charge in [0.15, 0.2) is 5.69 Å². The number of benzene rings is 2. The van der Waals surface area contributed by atoms with Crippen LogP contribution in [0.3, 0.4) is 0 Å². The van der Waals surface area contributed by atoms with Gasteiger partial charge in [-0.1, -0.05) is 12.1 Å². The van der Waals surface area contributed by atoms with Crippen molar-refractivity contribution in [2.75, 3.05) is 33.3 Å². The maximum atomic E-state index is 12.9. The van der Waals surface area contributed by atoms with Crippen molar-refractivity contribution < 1.29 is 14.5 Å². The van der Waals surface area contributed by atoms with Gasteiger partial charge < -0.3 is 9.64 Å². The molecule has 3 aromatic rings. The Hall–Kier alpha value is -3.72. The van der Waals surface area contributed by atoms with Crippen LogP contribution in [-0.4, -0.2) is 63.7 Å². The average Bonchev–Trinajstić information content (AvgIpc) is 3.30. The normalized spacial score (nSPS) is 14.4. The standard InChI is InChI=1S/C22H23N5O4/c1-31-20-8-2-17(3-9-20)16-24-12-14-25(15-13-24)22(28)21-10-11-26(23-21)18-4-6-19(7-5-18)27(29)30/h2-11H,12-16H2,1H3. The van der Waals surface area contributed by atoms with Gasteiger partial charge in [-0.25, -0.2) is 4.68 Å². The van der Waals surface area contributed by atoms with Crippen LogP contribution < -0.4 is 4.74 Å². The van der Waals surface area contributed by atoms with Crippen LogP contribution in [0.4, 0.5) is 5.69 Å². The molecule has 0 saturated carbocycles. The molecular weight excluding hydrogens is 398 g/mol. The van der Waals surface area contributed by atoms with Crippen molar-refractivity contribution in [2.24, 2.45) is 0 Å². The Balaban J connectivity index is 1.34. The van der Waals surface area contributed by atoms with Crippen LogP contribution >= 0.6 is 0 Å². The van der Waals surface area contributed by atoms with Gasteiger partial charge in [0.2, 0.25) is 0 Å². The summed E-state index contributed by atoms with van der Waals surface area (Å²) in [6.07, 6.45) is 1.69. The first kappa shape index (κ1) is 20.5. The number of carbonyl (C=O) groups is 1. The molecule has 4 rings (SSSR count). The predicted molar refractivity (Wildman–Crippen MR) is 114 cm³/mol. The number of methoxy groups -OCH3 is 1. The van der Waals surface area contributed by atoms with E-state index in [1.807, 2.05) is 17.0 Å². The molecule has 1 fully saturated rings. The third-order valence-corrected chi connectivity index (χ3v) is 5.36.